The van der Waals surface area contributed by atoms with Gasteiger partial charge in [-0.15, -0.1) is 11.3 Å². The van der Waals surface area contributed by atoms with Crippen LogP contribution in [0, 0.1) is 0 Å². The van der Waals surface area contributed by atoms with Gasteiger partial charge in [-0.1, -0.05) is 6.07 Å². The topological polar surface area (TPSA) is 38.3 Å². The van der Waals surface area contributed by atoms with Gasteiger partial charge in [-0.05, 0) is 24.4 Å². The molecule has 0 aromatic carbocycles. The molecule has 1 aliphatic rings. The summed E-state index contributed by atoms with van der Waals surface area (Å²) in [7, 11) is 0. The SMILES string of the molecule is O=C(OC1CCNC1)c1cccs1. The number of nitrogens with one attached hydrogen (secondary N) is 1. The van der Waals surface area contributed by atoms with E-state index in [-0.39, 0.29) is 12.1 Å². The first-order valence-electron chi connectivity index (χ1n) is 4.31. The van der Waals surface area contributed by atoms with E-state index in [2.05, 4.69) is 5.32 Å². The van der Waals surface area contributed by atoms with Gasteiger partial charge in [0.2, 0.25) is 0 Å². The number of carbonyl (C=O) groups excluding carboxylic acids is 1. The third-order valence-electron chi connectivity index (χ3n) is 2.01. The summed E-state index contributed by atoms with van der Waals surface area (Å²) in [6.07, 6.45) is 0.992. The van der Waals surface area contributed by atoms with Gasteiger partial charge in [0.15, 0.2) is 0 Å². The molecule has 1 aliphatic heterocycles. The van der Waals surface area contributed by atoms with Crippen LogP contribution in [0.2, 0.25) is 0 Å². The second kappa shape index (κ2) is 3.89. The van der Waals surface area contributed by atoms with E-state index in [4.69, 9.17) is 4.74 Å². The summed E-state index contributed by atoms with van der Waals surface area (Å²) >= 11 is 1.42. The van der Waals surface area contributed by atoms with E-state index in [1.165, 1.54) is 11.3 Å². The van der Waals surface area contributed by atoms with Crippen molar-refractivity contribution in [3.05, 3.63) is 22.4 Å². The molecule has 1 unspecified atom stereocenters. The van der Waals surface area contributed by atoms with E-state index in [1.807, 2.05) is 11.4 Å². The minimum atomic E-state index is -0.191. The van der Waals surface area contributed by atoms with Gasteiger partial charge in [-0.25, -0.2) is 4.79 Å². The van der Waals surface area contributed by atoms with Crippen LogP contribution in [-0.2, 0) is 4.74 Å². The van der Waals surface area contributed by atoms with Crippen LogP contribution in [-0.4, -0.2) is 25.2 Å². The molecule has 4 heteroatoms. The molecule has 3 nitrogen and oxygen atoms in total. The van der Waals surface area contributed by atoms with Crippen LogP contribution in [0.4, 0.5) is 0 Å². The lowest BCUT2D eigenvalue weighted by atomic mass is 10.3. The van der Waals surface area contributed by atoms with Crippen molar-refractivity contribution in [2.24, 2.45) is 0 Å². The smallest absolute Gasteiger partial charge is 0.348 e. The first-order chi connectivity index (χ1) is 6.36. The Morgan fingerprint density at radius 3 is 3.23 bits per heavy atom. The minimum absolute atomic E-state index is 0.0644. The predicted octanol–water partition coefficient (Wildman–Crippen LogP) is 1.27. The summed E-state index contributed by atoms with van der Waals surface area (Å²) < 4.78 is 5.26. The molecule has 13 heavy (non-hydrogen) atoms. The Hall–Kier alpha value is -0.870. The average Bonchev–Trinajstić information content (AvgIpc) is 2.74. The average molecular weight is 197 g/mol. The lowest BCUT2D eigenvalue weighted by molar-refractivity contribution is 0.0350. The molecular formula is C9H11NO2S. The van der Waals surface area contributed by atoms with Gasteiger partial charge in [0.1, 0.15) is 11.0 Å². The molecule has 0 amide bonds. The third-order valence-corrected chi connectivity index (χ3v) is 2.86. The minimum Gasteiger partial charge on any atom is -0.457 e. The van der Waals surface area contributed by atoms with Gasteiger partial charge < -0.3 is 10.1 Å². The number of thiophene rings is 1. The fourth-order valence-corrected chi connectivity index (χ4v) is 1.94. The van der Waals surface area contributed by atoms with Crippen LogP contribution in [0.15, 0.2) is 17.5 Å². The maximum atomic E-state index is 11.4. The highest BCUT2D eigenvalue weighted by Gasteiger charge is 2.19. The zero-order valence-corrected chi connectivity index (χ0v) is 7.97. The summed E-state index contributed by atoms with van der Waals surface area (Å²) in [4.78, 5) is 12.1. The second-order valence-corrected chi connectivity index (χ2v) is 3.95. The summed E-state index contributed by atoms with van der Waals surface area (Å²) in [6.45, 7) is 1.74. The van der Waals surface area contributed by atoms with Crippen LogP contribution in [0.5, 0.6) is 0 Å². The molecule has 1 saturated heterocycles. The molecule has 1 N–H and O–H groups in total. The molecule has 1 atom stereocenters. The highest BCUT2D eigenvalue weighted by Crippen LogP contribution is 2.13. The normalized spacial score (nSPS) is 21.7. The summed E-state index contributed by atoms with van der Waals surface area (Å²) in [5.74, 6) is -0.191. The molecule has 1 fully saturated rings. The fourth-order valence-electron chi connectivity index (χ4n) is 1.33. The maximum absolute atomic E-state index is 11.4. The number of esters is 1. The van der Waals surface area contributed by atoms with Crippen molar-refractivity contribution < 1.29 is 9.53 Å². The Labute approximate surface area is 80.7 Å². The van der Waals surface area contributed by atoms with Crippen LogP contribution < -0.4 is 5.32 Å². The first kappa shape index (κ1) is 8.72. The lowest BCUT2D eigenvalue weighted by Crippen LogP contribution is -2.20. The molecule has 0 radical (unpaired) electrons. The van der Waals surface area contributed by atoms with Gasteiger partial charge in [0.05, 0.1) is 0 Å². The highest BCUT2D eigenvalue weighted by molar-refractivity contribution is 7.11. The molecule has 0 bridgehead atoms. The molecule has 0 spiro atoms. The number of rotatable bonds is 2. The number of ether oxygens (including phenoxy) is 1. The predicted molar refractivity (Wildman–Crippen MR) is 51.0 cm³/mol. The maximum Gasteiger partial charge on any atom is 0.348 e. The molecule has 2 rings (SSSR count). The van der Waals surface area contributed by atoms with Gasteiger partial charge in [0, 0.05) is 6.54 Å². The van der Waals surface area contributed by atoms with Gasteiger partial charge in [-0.2, -0.15) is 0 Å². The number of hydrogen-bond acceptors (Lipinski definition) is 4. The van der Waals surface area contributed by atoms with Gasteiger partial charge >= 0.3 is 5.97 Å². The van der Waals surface area contributed by atoms with E-state index in [9.17, 15) is 4.79 Å². The van der Waals surface area contributed by atoms with Crippen molar-refractivity contribution in [3.8, 4) is 0 Å². The third kappa shape index (κ3) is 2.08. The Balaban J connectivity index is 1.91. The largest absolute Gasteiger partial charge is 0.457 e. The van der Waals surface area contributed by atoms with Crippen LogP contribution in [0.1, 0.15) is 16.1 Å². The summed E-state index contributed by atoms with van der Waals surface area (Å²) in [5.41, 5.74) is 0. The fraction of sp³-hybridized carbons (Fsp3) is 0.444. The van der Waals surface area contributed by atoms with Crippen LogP contribution >= 0.6 is 11.3 Å². The zero-order chi connectivity index (χ0) is 9.10. The molecule has 0 saturated carbocycles. The van der Waals surface area contributed by atoms with E-state index in [0.29, 0.717) is 4.88 Å². The van der Waals surface area contributed by atoms with Crippen LogP contribution in [0.25, 0.3) is 0 Å². The first-order valence-corrected chi connectivity index (χ1v) is 5.19. The van der Waals surface area contributed by atoms with Crippen molar-refractivity contribution in [1.82, 2.24) is 5.32 Å². The molecule has 0 aliphatic carbocycles. The quantitative estimate of drug-likeness (QED) is 0.725. The van der Waals surface area contributed by atoms with Crippen LogP contribution in [0.3, 0.4) is 0 Å². The molecule has 1 aromatic rings. The van der Waals surface area contributed by atoms with Crippen molar-refractivity contribution in [2.75, 3.05) is 13.1 Å². The van der Waals surface area contributed by atoms with Crippen molar-refractivity contribution in [3.63, 3.8) is 0 Å². The Bertz CT molecular complexity index is 278. The molecule has 2 heterocycles. The van der Waals surface area contributed by atoms with E-state index in [0.717, 1.165) is 19.5 Å². The second-order valence-electron chi connectivity index (χ2n) is 3.00. The van der Waals surface area contributed by atoms with Crippen molar-refractivity contribution in [1.29, 1.82) is 0 Å². The van der Waals surface area contributed by atoms with E-state index < -0.39 is 0 Å². The van der Waals surface area contributed by atoms with E-state index in [1.54, 1.807) is 6.07 Å². The standard InChI is InChI=1S/C9H11NO2S/c11-9(8-2-1-5-13-8)12-7-3-4-10-6-7/h1-2,5,7,10H,3-4,6H2. The van der Waals surface area contributed by atoms with Crippen molar-refractivity contribution in [2.45, 2.75) is 12.5 Å². The number of carbonyl (C=O) groups is 1. The van der Waals surface area contributed by atoms with Gasteiger partial charge in [0.25, 0.3) is 0 Å². The molecule has 1 aromatic heterocycles. The monoisotopic (exact) mass is 197 g/mol. The molecular weight excluding hydrogens is 186 g/mol. The summed E-state index contributed by atoms with van der Waals surface area (Å²) in [5, 5.41) is 5.03. The highest BCUT2D eigenvalue weighted by atomic mass is 32.1. The lowest BCUT2D eigenvalue weighted by Gasteiger charge is -2.08. The van der Waals surface area contributed by atoms with Crippen molar-refractivity contribution >= 4 is 17.3 Å². The summed E-state index contributed by atoms with van der Waals surface area (Å²) in [6, 6.07) is 3.64. The Morgan fingerprint density at radius 2 is 2.62 bits per heavy atom. The Morgan fingerprint density at radius 1 is 1.69 bits per heavy atom. The Kier molecular flexibility index (Phi) is 2.61. The number of hydrogen-bond donors (Lipinski definition) is 1. The van der Waals surface area contributed by atoms with E-state index >= 15 is 0 Å². The van der Waals surface area contributed by atoms with Gasteiger partial charge in [-0.3, -0.25) is 0 Å². The zero-order valence-electron chi connectivity index (χ0n) is 7.16. The molecule has 70 valence electrons.